The van der Waals surface area contributed by atoms with E-state index in [1.807, 2.05) is 0 Å². The molecule has 0 radical (unpaired) electrons. The van der Waals surface area contributed by atoms with E-state index >= 15 is 0 Å². The number of halogens is 2. The predicted molar refractivity (Wildman–Crippen MR) is 120 cm³/mol. The molecule has 0 saturated carbocycles. The molecule has 0 unspecified atom stereocenters. The van der Waals surface area contributed by atoms with Crippen LogP contribution in [0.25, 0.3) is 0 Å². The molecule has 32 heavy (non-hydrogen) atoms. The fraction of sp³-hybridized carbons (Fsp3) is 0.227. The van der Waals surface area contributed by atoms with Gasteiger partial charge in [-0.05, 0) is 48.5 Å². The molecule has 0 bridgehead atoms. The summed E-state index contributed by atoms with van der Waals surface area (Å²) >= 11 is 1.23. The average molecular weight is 458 g/mol. The Hall–Kier alpha value is -3.53. The number of anilines is 3. The number of carbonyl (C=O) groups is 2. The first kappa shape index (κ1) is 21.7. The number of amides is 3. The van der Waals surface area contributed by atoms with Crippen molar-refractivity contribution in [1.29, 1.82) is 0 Å². The molecule has 2 N–H and O–H groups in total. The molecule has 4 rings (SSSR count). The van der Waals surface area contributed by atoms with Gasteiger partial charge in [0.1, 0.15) is 11.6 Å². The average Bonchev–Trinajstić information content (AvgIpc) is 3.22. The van der Waals surface area contributed by atoms with Gasteiger partial charge in [-0.25, -0.2) is 18.6 Å². The fourth-order valence-corrected chi connectivity index (χ4v) is 4.08. The number of benzene rings is 2. The minimum Gasteiger partial charge on any atom is -0.368 e. The van der Waals surface area contributed by atoms with Crippen LogP contribution in [0.1, 0.15) is 5.69 Å². The van der Waals surface area contributed by atoms with Crippen LogP contribution in [0.2, 0.25) is 0 Å². The Labute approximate surface area is 187 Å². The van der Waals surface area contributed by atoms with Crippen molar-refractivity contribution in [3.63, 3.8) is 0 Å². The molecule has 1 aliphatic heterocycles. The van der Waals surface area contributed by atoms with Gasteiger partial charge in [0, 0.05) is 42.9 Å². The SMILES string of the molecule is O=C(Nc1ccc(F)cc1)Nc1nc(CC(=O)N2CCN(c3ccc(F)cc3)CC2)cs1. The molecule has 2 aromatic carbocycles. The molecule has 0 aliphatic carbocycles. The summed E-state index contributed by atoms with van der Waals surface area (Å²) in [5, 5.41) is 7.31. The van der Waals surface area contributed by atoms with E-state index in [9.17, 15) is 18.4 Å². The van der Waals surface area contributed by atoms with Crippen LogP contribution in [-0.2, 0) is 11.2 Å². The number of thiazole rings is 1. The Bertz CT molecular complexity index is 1080. The Morgan fingerprint density at radius 3 is 2.19 bits per heavy atom. The minimum absolute atomic E-state index is 0.0311. The maximum Gasteiger partial charge on any atom is 0.325 e. The van der Waals surface area contributed by atoms with Crippen LogP contribution < -0.4 is 15.5 Å². The number of aromatic nitrogens is 1. The lowest BCUT2D eigenvalue weighted by Crippen LogP contribution is -2.49. The third-order valence-electron chi connectivity index (χ3n) is 5.03. The Balaban J connectivity index is 1.25. The number of hydrogen-bond donors (Lipinski definition) is 2. The molecule has 7 nitrogen and oxygen atoms in total. The van der Waals surface area contributed by atoms with Gasteiger partial charge in [0.05, 0.1) is 12.1 Å². The standard InChI is InChI=1S/C22H21F2N5O2S/c23-15-1-5-17(6-2-15)25-21(31)27-22-26-18(14-32-22)13-20(30)29-11-9-28(10-12-29)19-7-3-16(24)4-8-19/h1-8,14H,9-13H2,(H2,25,26,27,31). The molecule has 3 amide bonds. The zero-order valence-corrected chi connectivity index (χ0v) is 17.9. The molecular formula is C22H21F2N5O2S. The van der Waals surface area contributed by atoms with Crippen LogP contribution in [0, 0.1) is 11.6 Å². The molecule has 1 fully saturated rings. The van der Waals surface area contributed by atoms with E-state index in [1.165, 1.54) is 47.7 Å². The number of rotatable bonds is 5. The second-order valence-corrected chi connectivity index (χ2v) is 8.11. The molecule has 166 valence electrons. The van der Waals surface area contributed by atoms with Gasteiger partial charge < -0.3 is 15.1 Å². The van der Waals surface area contributed by atoms with Crippen molar-refractivity contribution in [2.45, 2.75) is 6.42 Å². The highest BCUT2D eigenvalue weighted by Gasteiger charge is 2.22. The summed E-state index contributed by atoms with van der Waals surface area (Å²) in [6.07, 6.45) is 0.147. The van der Waals surface area contributed by atoms with Crippen molar-refractivity contribution < 1.29 is 18.4 Å². The van der Waals surface area contributed by atoms with Gasteiger partial charge in [-0.1, -0.05) is 0 Å². The predicted octanol–water partition coefficient (Wildman–Crippen LogP) is 3.96. The van der Waals surface area contributed by atoms with Gasteiger partial charge >= 0.3 is 6.03 Å². The van der Waals surface area contributed by atoms with Crippen LogP contribution in [0.5, 0.6) is 0 Å². The van der Waals surface area contributed by atoms with Gasteiger partial charge in [0.25, 0.3) is 0 Å². The van der Waals surface area contributed by atoms with Gasteiger partial charge in [0.15, 0.2) is 5.13 Å². The van der Waals surface area contributed by atoms with E-state index in [2.05, 4.69) is 20.5 Å². The number of nitrogens with zero attached hydrogens (tertiary/aromatic N) is 3. The van der Waals surface area contributed by atoms with Crippen molar-refractivity contribution >= 4 is 39.8 Å². The molecule has 0 atom stereocenters. The Morgan fingerprint density at radius 2 is 1.53 bits per heavy atom. The van der Waals surface area contributed by atoms with Crippen molar-refractivity contribution in [1.82, 2.24) is 9.88 Å². The lowest BCUT2D eigenvalue weighted by molar-refractivity contribution is -0.130. The largest absolute Gasteiger partial charge is 0.368 e. The molecule has 2 heterocycles. The molecule has 1 aliphatic rings. The van der Waals surface area contributed by atoms with Crippen molar-refractivity contribution in [3.05, 3.63) is 71.2 Å². The Kier molecular flexibility index (Phi) is 6.60. The maximum atomic E-state index is 13.1. The van der Waals surface area contributed by atoms with Crippen molar-refractivity contribution in [2.24, 2.45) is 0 Å². The summed E-state index contributed by atoms with van der Waals surface area (Å²) in [6.45, 7) is 2.49. The van der Waals surface area contributed by atoms with Crippen LogP contribution in [-0.4, -0.2) is 48.0 Å². The monoisotopic (exact) mass is 457 g/mol. The van der Waals surface area contributed by atoms with E-state index in [-0.39, 0.29) is 24.0 Å². The Morgan fingerprint density at radius 1 is 0.906 bits per heavy atom. The summed E-state index contributed by atoms with van der Waals surface area (Å²) in [5.74, 6) is -0.689. The van der Waals surface area contributed by atoms with Gasteiger partial charge in [-0.15, -0.1) is 11.3 Å². The second kappa shape index (κ2) is 9.73. The quantitative estimate of drug-likeness (QED) is 0.608. The van der Waals surface area contributed by atoms with Gasteiger partial charge in [-0.3, -0.25) is 10.1 Å². The summed E-state index contributed by atoms with van der Waals surface area (Å²) in [5.41, 5.74) is 1.97. The third kappa shape index (κ3) is 5.58. The van der Waals surface area contributed by atoms with Gasteiger partial charge in [0.2, 0.25) is 5.91 Å². The van der Waals surface area contributed by atoms with E-state index in [1.54, 1.807) is 22.4 Å². The highest BCUT2D eigenvalue weighted by molar-refractivity contribution is 7.14. The first-order valence-electron chi connectivity index (χ1n) is 10.0. The van der Waals surface area contributed by atoms with E-state index in [0.29, 0.717) is 42.7 Å². The van der Waals surface area contributed by atoms with Crippen LogP contribution >= 0.6 is 11.3 Å². The summed E-state index contributed by atoms with van der Waals surface area (Å²) in [7, 11) is 0. The molecule has 0 spiro atoms. The highest BCUT2D eigenvalue weighted by atomic mass is 32.1. The molecule has 1 saturated heterocycles. The van der Waals surface area contributed by atoms with Gasteiger partial charge in [-0.2, -0.15) is 0 Å². The van der Waals surface area contributed by atoms with E-state index in [4.69, 9.17) is 0 Å². The van der Waals surface area contributed by atoms with Crippen LogP contribution in [0.3, 0.4) is 0 Å². The minimum atomic E-state index is -0.499. The second-order valence-electron chi connectivity index (χ2n) is 7.25. The number of urea groups is 1. The lowest BCUT2D eigenvalue weighted by Gasteiger charge is -2.36. The van der Waals surface area contributed by atoms with E-state index in [0.717, 1.165) is 5.69 Å². The first-order valence-corrected chi connectivity index (χ1v) is 10.9. The zero-order chi connectivity index (χ0) is 22.5. The number of carbonyl (C=O) groups excluding carboxylic acids is 2. The smallest absolute Gasteiger partial charge is 0.325 e. The lowest BCUT2D eigenvalue weighted by atomic mass is 10.2. The zero-order valence-electron chi connectivity index (χ0n) is 17.1. The first-order chi connectivity index (χ1) is 15.5. The molecular weight excluding hydrogens is 436 g/mol. The summed E-state index contributed by atoms with van der Waals surface area (Å²) < 4.78 is 26.0. The number of hydrogen-bond acceptors (Lipinski definition) is 5. The highest BCUT2D eigenvalue weighted by Crippen LogP contribution is 2.19. The molecule has 1 aromatic heterocycles. The van der Waals surface area contributed by atoms with Crippen LogP contribution in [0.4, 0.5) is 30.1 Å². The number of piperazine rings is 1. The third-order valence-corrected chi connectivity index (χ3v) is 5.84. The molecule has 10 heteroatoms. The summed E-state index contributed by atoms with van der Waals surface area (Å²) in [6, 6.07) is 11.3. The maximum absolute atomic E-state index is 13.1. The molecule has 3 aromatic rings. The van der Waals surface area contributed by atoms with Crippen molar-refractivity contribution in [3.8, 4) is 0 Å². The number of nitrogens with one attached hydrogen (secondary N) is 2. The normalized spacial score (nSPS) is 13.7. The topological polar surface area (TPSA) is 77.6 Å². The van der Waals surface area contributed by atoms with E-state index < -0.39 is 6.03 Å². The van der Waals surface area contributed by atoms with Crippen molar-refractivity contribution in [2.75, 3.05) is 41.7 Å². The van der Waals surface area contributed by atoms with Crippen LogP contribution in [0.15, 0.2) is 53.9 Å². The fourth-order valence-electron chi connectivity index (χ4n) is 3.37. The summed E-state index contributed by atoms with van der Waals surface area (Å²) in [4.78, 5) is 32.9.